The molecule has 1 fully saturated rings. The van der Waals surface area contributed by atoms with Crippen molar-refractivity contribution in [2.75, 3.05) is 19.8 Å². The lowest BCUT2D eigenvalue weighted by molar-refractivity contribution is -0.117. The number of halogens is 1. The summed E-state index contributed by atoms with van der Waals surface area (Å²) in [6.45, 7) is 1.02. The Bertz CT molecular complexity index is 452. The lowest BCUT2D eigenvalue weighted by Gasteiger charge is -2.19. The standard InChI is InChI=1S/C12H14ClNO3S/c13-10-3-1-9(18-10)2-4-11(15)14-7-12(16)5-6-17-8-12/h1-4,16H,5-8H2,(H,14,15)/b4-2+. The van der Waals surface area contributed by atoms with Gasteiger partial charge in [-0.3, -0.25) is 4.79 Å². The third-order valence-electron chi connectivity index (χ3n) is 2.67. The van der Waals surface area contributed by atoms with Crippen LogP contribution in [-0.4, -0.2) is 36.4 Å². The molecule has 1 aliphatic heterocycles. The van der Waals surface area contributed by atoms with E-state index >= 15 is 0 Å². The van der Waals surface area contributed by atoms with Crippen LogP contribution in [0.3, 0.4) is 0 Å². The lowest BCUT2D eigenvalue weighted by atomic mass is 10.0. The summed E-state index contributed by atoms with van der Waals surface area (Å²) in [6.07, 6.45) is 3.68. The highest BCUT2D eigenvalue weighted by Crippen LogP contribution is 2.22. The highest BCUT2D eigenvalue weighted by atomic mass is 35.5. The predicted molar refractivity (Wildman–Crippen MR) is 71.8 cm³/mol. The van der Waals surface area contributed by atoms with Crippen LogP contribution in [0.15, 0.2) is 18.2 Å². The van der Waals surface area contributed by atoms with E-state index in [1.165, 1.54) is 17.4 Å². The van der Waals surface area contributed by atoms with Crippen molar-refractivity contribution >= 4 is 34.9 Å². The summed E-state index contributed by atoms with van der Waals surface area (Å²) in [4.78, 5) is 12.5. The molecule has 1 aromatic heterocycles. The smallest absolute Gasteiger partial charge is 0.244 e. The number of nitrogens with one attached hydrogen (secondary N) is 1. The lowest BCUT2D eigenvalue weighted by Crippen LogP contribution is -2.42. The van der Waals surface area contributed by atoms with Crippen LogP contribution in [0.1, 0.15) is 11.3 Å². The van der Waals surface area contributed by atoms with Gasteiger partial charge in [-0.2, -0.15) is 0 Å². The van der Waals surface area contributed by atoms with Crippen LogP contribution in [0.4, 0.5) is 0 Å². The van der Waals surface area contributed by atoms with Gasteiger partial charge in [-0.1, -0.05) is 11.6 Å². The fraction of sp³-hybridized carbons (Fsp3) is 0.417. The largest absolute Gasteiger partial charge is 0.386 e. The zero-order valence-electron chi connectivity index (χ0n) is 9.69. The molecule has 0 radical (unpaired) electrons. The van der Waals surface area contributed by atoms with Gasteiger partial charge in [0.05, 0.1) is 10.9 Å². The first-order valence-electron chi connectivity index (χ1n) is 5.59. The maximum absolute atomic E-state index is 11.5. The molecular formula is C12H14ClNO3S. The van der Waals surface area contributed by atoms with E-state index < -0.39 is 5.60 Å². The Morgan fingerprint density at radius 1 is 1.67 bits per heavy atom. The highest BCUT2D eigenvalue weighted by Gasteiger charge is 2.32. The van der Waals surface area contributed by atoms with Crippen molar-refractivity contribution in [2.24, 2.45) is 0 Å². The Morgan fingerprint density at radius 3 is 3.11 bits per heavy atom. The van der Waals surface area contributed by atoms with Crippen LogP contribution in [0.5, 0.6) is 0 Å². The Balaban J connectivity index is 1.80. The van der Waals surface area contributed by atoms with E-state index in [0.29, 0.717) is 17.4 Å². The van der Waals surface area contributed by atoms with Gasteiger partial charge < -0.3 is 15.2 Å². The van der Waals surface area contributed by atoms with Crippen molar-refractivity contribution in [1.29, 1.82) is 0 Å². The second-order valence-electron chi connectivity index (χ2n) is 4.22. The number of carbonyl (C=O) groups is 1. The quantitative estimate of drug-likeness (QED) is 0.829. The Morgan fingerprint density at radius 2 is 2.50 bits per heavy atom. The zero-order valence-corrected chi connectivity index (χ0v) is 11.3. The molecule has 0 saturated carbocycles. The minimum Gasteiger partial charge on any atom is -0.386 e. The molecule has 1 aliphatic rings. The number of hydrogen-bond donors (Lipinski definition) is 2. The summed E-state index contributed by atoms with van der Waals surface area (Å²) in [5.74, 6) is -0.236. The summed E-state index contributed by atoms with van der Waals surface area (Å²) in [5, 5.41) is 12.6. The molecule has 1 unspecified atom stereocenters. The Hall–Kier alpha value is -0.880. The fourth-order valence-electron chi connectivity index (χ4n) is 1.62. The topological polar surface area (TPSA) is 58.6 Å². The number of carbonyl (C=O) groups excluding carboxylic acids is 1. The average molecular weight is 288 g/mol. The maximum atomic E-state index is 11.5. The van der Waals surface area contributed by atoms with Crippen molar-refractivity contribution in [3.8, 4) is 0 Å². The van der Waals surface area contributed by atoms with Crippen molar-refractivity contribution in [3.05, 3.63) is 27.4 Å². The molecule has 0 bridgehead atoms. The Kier molecular flexibility index (Phi) is 4.40. The minimum atomic E-state index is -0.921. The van der Waals surface area contributed by atoms with Crippen LogP contribution in [-0.2, 0) is 9.53 Å². The first-order valence-corrected chi connectivity index (χ1v) is 6.78. The molecule has 0 aromatic carbocycles. The van der Waals surface area contributed by atoms with Gasteiger partial charge in [0.25, 0.3) is 0 Å². The van der Waals surface area contributed by atoms with Crippen LogP contribution in [0.25, 0.3) is 6.08 Å². The number of rotatable bonds is 4. The van der Waals surface area contributed by atoms with Crippen molar-refractivity contribution in [2.45, 2.75) is 12.0 Å². The molecule has 1 amide bonds. The summed E-state index contributed by atoms with van der Waals surface area (Å²) in [5.41, 5.74) is -0.921. The summed E-state index contributed by atoms with van der Waals surface area (Å²) >= 11 is 7.18. The molecule has 2 heterocycles. The second-order valence-corrected chi connectivity index (χ2v) is 5.97. The highest BCUT2D eigenvalue weighted by molar-refractivity contribution is 7.17. The molecule has 6 heteroatoms. The molecule has 98 valence electrons. The summed E-state index contributed by atoms with van der Waals surface area (Å²) < 4.78 is 5.78. The van der Waals surface area contributed by atoms with E-state index in [1.807, 2.05) is 6.07 Å². The third kappa shape index (κ3) is 3.81. The maximum Gasteiger partial charge on any atom is 0.244 e. The van der Waals surface area contributed by atoms with E-state index in [9.17, 15) is 9.90 Å². The number of ether oxygens (including phenoxy) is 1. The van der Waals surface area contributed by atoms with E-state index in [1.54, 1.807) is 12.1 Å². The van der Waals surface area contributed by atoms with Crippen LogP contribution in [0, 0.1) is 0 Å². The summed E-state index contributed by atoms with van der Waals surface area (Å²) in [6, 6.07) is 3.62. The van der Waals surface area contributed by atoms with Gasteiger partial charge in [-0.15, -0.1) is 11.3 Å². The van der Waals surface area contributed by atoms with Crippen LogP contribution >= 0.6 is 22.9 Å². The molecule has 1 saturated heterocycles. The van der Waals surface area contributed by atoms with Gasteiger partial charge in [0.15, 0.2) is 0 Å². The first-order chi connectivity index (χ1) is 8.57. The normalized spacial score (nSPS) is 23.7. The number of amides is 1. The van der Waals surface area contributed by atoms with Gasteiger partial charge in [-0.25, -0.2) is 0 Å². The van der Waals surface area contributed by atoms with E-state index in [2.05, 4.69) is 5.32 Å². The van der Waals surface area contributed by atoms with Crippen molar-refractivity contribution in [3.63, 3.8) is 0 Å². The molecule has 4 nitrogen and oxygen atoms in total. The number of thiophene rings is 1. The second kappa shape index (κ2) is 5.84. The monoisotopic (exact) mass is 287 g/mol. The number of hydrogen-bond acceptors (Lipinski definition) is 4. The molecule has 1 aromatic rings. The van der Waals surface area contributed by atoms with E-state index in [-0.39, 0.29) is 19.1 Å². The molecule has 1 atom stereocenters. The van der Waals surface area contributed by atoms with Crippen LogP contribution in [0.2, 0.25) is 4.34 Å². The molecule has 0 aliphatic carbocycles. The minimum absolute atomic E-state index is 0.210. The average Bonchev–Trinajstić information content (AvgIpc) is 2.94. The van der Waals surface area contributed by atoms with Gasteiger partial charge in [0, 0.05) is 30.5 Å². The van der Waals surface area contributed by atoms with Gasteiger partial charge in [0.1, 0.15) is 5.60 Å². The van der Waals surface area contributed by atoms with Gasteiger partial charge in [0.2, 0.25) is 5.91 Å². The van der Waals surface area contributed by atoms with E-state index in [0.717, 1.165) is 4.88 Å². The molecular weight excluding hydrogens is 274 g/mol. The third-order valence-corrected chi connectivity index (χ3v) is 3.86. The van der Waals surface area contributed by atoms with Gasteiger partial charge in [-0.05, 0) is 18.2 Å². The predicted octanol–water partition coefficient (Wildman–Crippen LogP) is 1.68. The first kappa shape index (κ1) is 13.5. The van der Waals surface area contributed by atoms with Crippen LogP contribution < -0.4 is 5.32 Å². The van der Waals surface area contributed by atoms with E-state index in [4.69, 9.17) is 16.3 Å². The molecule has 2 rings (SSSR count). The molecule has 0 spiro atoms. The molecule has 2 N–H and O–H groups in total. The zero-order chi connectivity index (χ0) is 13.0. The fourth-order valence-corrected chi connectivity index (χ4v) is 2.59. The molecule has 18 heavy (non-hydrogen) atoms. The Labute approximate surface area is 114 Å². The van der Waals surface area contributed by atoms with Gasteiger partial charge >= 0.3 is 0 Å². The SMILES string of the molecule is O=C(/C=C/c1ccc(Cl)s1)NCC1(O)CCOC1. The van der Waals surface area contributed by atoms with Crippen molar-refractivity contribution < 1.29 is 14.6 Å². The number of aliphatic hydroxyl groups is 1. The van der Waals surface area contributed by atoms with Crippen molar-refractivity contribution in [1.82, 2.24) is 5.32 Å². The summed E-state index contributed by atoms with van der Waals surface area (Å²) in [7, 11) is 0.